The van der Waals surface area contributed by atoms with E-state index in [0.717, 1.165) is 12.8 Å². The van der Waals surface area contributed by atoms with Gasteiger partial charge in [0.2, 0.25) is 0 Å². The lowest BCUT2D eigenvalue weighted by molar-refractivity contribution is -0.152. The van der Waals surface area contributed by atoms with Crippen molar-refractivity contribution in [3.63, 3.8) is 0 Å². The predicted octanol–water partition coefficient (Wildman–Crippen LogP) is 5.07. The van der Waals surface area contributed by atoms with Crippen LogP contribution in [0.4, 0.5) is 9.59 Å². The highest BCUT2D eigenvalue weighted by Crippen LogP contribution is 2.30. The highest BCUT2D eigenvalue weighted by atomic mass is 16.7. The molecule has 226 valence electrons. The first kappa shape index (κ1) is 34.7. The summed E-state index contributed by atoms with van der Waals surface area (Å²) in [6, 6.07) is 3.73. The third kappa shape index (κ3) is 13.1. The van der Waals surface area contributed by atoms with Gasteiger partial charge in [-0.1, -0.05) is 46.6 Å². The second kappa shape index (κ2) is 17.4. The van der Waals surface area contributed by atoms with Crippen molar-refractivity contribution in [1.29, 1.82) is 0 Å². The molecule has 0 aliphatic heterocycles. The van der Waals surface area contributed by atoms with Crippen LogP contribution in [0.3, 0.4) is 0 Å². The maximum absolute atomic E-state index is 12.4. The number of carbonyl (C=O) groups is 4. The van der Waals surface area contributed by atoms with Crippen LogP contribution in [-0.4, -0.2) is 63.8 Å². The van der Waals surface area contributed by atoms with E-state index in [-0.39, 0.29) is 62.1 Å². The van der Waals surface area contributed by atoms with Crippen LogP contribution >= 0.6 is 0 Å². The maximum atomic E-state index is 12.4. The van der Waals surface area contributed by atoms with Gasteiger partial charge in [0.1, 0.15) is 12.6 Å². The second-order valence-electron chi connectivity index (χ2n) is 10.8. The summed E-state index contributed by atoms with van der Waals surface area (Å²) in [4.78, 5) is 49.0. The Hall–Kier alpha value is -3.34. The Labute approximate surface area is 237 Å². The number of ether oxygens (including phenoxy) is 6. The lowest BCUT2D eigenvalue weighted by Crippen LogP contribution is -2.41. The second-order valence-corrected chi connectivity index (χ2v) is 10.8. The molecular formula is C29H45NO10. The van der Waals surface area contributed by atoms with Gasteiger partial charge in [0.25, 0.3) is 0 Å². The minimum absolute atomic E-state index is 0.0462. The third-order valence-corrected chi connectivity index (χ3v) is 6.02. The highest BCUT2D eigenvalue weighted by molar-refractivity contribution is 5.76. The van der Waals surface area contributed by atoms with Gasteiger partial charge >= 0.3 is 24.2 Å². The molecule has 40 heavy (non-hydrogen) atoms. The van der Waals surface area contributed by atoms with Gasteiger partial charge in [-0.05, 0) is 56.7 Å². The van der Waals surface area contributed by atoms with Gasteiger partial charge in [-0.15, -0.1) is 0 Å². The molecule has 0 spiro atoms. The smallest absolute Gasteiger partial charge is 0.468 e. The standard InChI is InChI=1S/C29H45NO10/c1-9-19(3)17-37-27(33)39-23-12-11-21(16-24(23)40-28(34)38-18-20(4)10-2)15-22(25(31)35-8)30-13-14-36-26(32)29(5,6)7/h11-12,16,19-20,22,30H,9-10,13-15,17-18H2,1-8H3/t19?,20?,22-/m0/s1. The molecule has 1 aromatic carbocycles. The number of rotatable bonds is 15. The van der Waals surface area contributed by atoms with E-state index in [0.29, 0.717) is 5.56 Å². The summed E-state index contributed by atoms with van der Waals surface area (Å²) in [6.07, 6.45) is -0.122. The van der Waals surface area contributed by atoms with E-state index in [1.807, 2.05) is 27.7 Å². The normalized spacial score (nSPS) is 13.4. The molecule has 0 saturated heterocycles. The van der Waals surface area contributed by atoms with Crippen molar-refractivity contribution in [3.05, 3.63) is 23.8 Å². The zero-order chi connectivity index (χ0) is 30.3. The third-order valence-electron chi connectivity index (χ3n) is 6.02. The Morgan fingerprint density at radius 1 is 0.850 bits per heavy atom. The molecule has 11 nitrogen and oxygen atoms in total. The lowest BCUT2D eigenvalue weighted by atomic mass is 9.97. The van der Waals surface area contributed by atoms with Crippen molar-refractivity contribution in [2.75, 3.05) is 33.5 Å². The van der Waals surface area contributed by atoms with E-state index in [1.165, 1.54) is 19.2 Å². The summed E-state index contributed by atoms with van der Waals surface area (Å²) in [6.45, 7) is 13.7. The number of nitrogens with one attached hydrogen (secondary N) is 1. The predicted molar refractivity (Wildman–Crippen MR) is 147 cm³/mol. The molecule has 3 atom stereocenters. The fraction of sp³-hybridized carbons (Fsp3) is 0.655. The van der Waals surface area contributed by atoms with Gasteiger partial charge in [0.15, 0.2) is 11.5 Å². The molecule has 0 saturated carbocycles. The van der Waals surface area contributed by atoms with Crippen molar-refractivity contribution in [1.82, 2.24) is 5.32 Å². The summed E-state index contributed by atoms with van der Waals surface area (Å²) in [5.41, 5.74) is -0.0714. The maximum Gasteiger partial charge on any atom is 0.513 e. The minimum atomic E-state index is -0.960. The zero-order valence-electron chi connectivity index (χ0n) is 25.0. The molecule has 0 fully saturated rings. The van der Waals surface area contributed by atoms with E-state index in [9.17, 15) is 19.2 Å². The molecule has 2 unspecified atom stereocenters. The zero-order valence-corrected chi connectivity index (χ0v) is 25.0. The Morgan fingerprint density at radius 2 is 1.40 bits per heavy atom. The van der Waals surface area contributed by atoms with Crippen LogP contribution in [0, 0.1) is 17.3 Å². The minimum Gasteiger partial charge on any atom is -0.468 e. The van der Waals surface area contributed by atoms with Crippen molar-refractivity contribution < 1.29 is 47.6 Å². The van der Waals surface area contributed by atoms with Crippen LogP contribution in [-0.2, 0) is 35.0 Å². The molecule has 0 aliphatic rings. The van der Waals surface area contributed by atoms with Gasteiger partial charge < -0.3 is 33.7 Å². The molecule has 0 amide bonds. The molecule has 0 heterocycles. The monoisotopic (exact) mass is 567 g/mol. The van der Waals surface area contributed by atoms with E-state index in [4.69, 9.17) is 28.4 Å². The van der Waals surface area contributed by atoms with Gasteiger partial charge in [-0.3, -0.25) is 9.59 Å². The molecule has 1 N–H and O–H groups in total. The summed E-state index contributed by atoms with van der Waals surface area (Å²) in [7, 11) is 1.26. The van der Waals surface area contributed by atoms with Gasteiger partial charge in [0.05, 0.1) is 25.7 Å². The van der Waals surface area contributed by atoms with Crippen LogP contribution < -0.4 is 14.8 Å². The molecule has 1 aromatic rings. The molecule has 1 rings (SSSR count). The summed E-state index contributed by atoms with van der Waals surface area (Å²) < 4.78 is 31.1. The van der Waals surface area contributed by atoms with Crippen LogP contribution in [0.15, 0.2) is 18.2 Å². The van der Waals surface area contributed by atoms with Crippen molar-refractivity contribution in [3.8, 4) is 11.5 Å². The summed E-state index contributed by atoms with van der Waals surface area (Å²) >= 11 is 0. The van der Waals surface area contributed by atoms with E-state index >= 15 is 0 Å². The first-order valence-corrected chi connectivity index (χ1v) is 13.6. The van der Waals surface area contributed by atoms with Crippen molar-refractivity contribution in [2.45, 2.75) is 73.8 Å². The van der Waals surface area contributed by atoms with Crippen LogP contribution in [0.25, 0.3) is 0 Å². The number of hydrogen-bond acceptors (Lipinski definition) is 11. The Bertz CT molecular complexity index is 972. The first-order valence-electron chi connectivity index (χ1n) is 13.6. The number of carbonyl (C=O) groups excluding carboxylic acids is 4. The molecule has 11 heteroatoms. The SMILES string of the molecule is CCC(C)COC(=O)Oc1ccc(C[C@H](NCCOC(=O)C(C)(C)C)C(=O)OC)cc1OC(=O)OCC(C)CC. The number of hydrogen-bond donors (Lipinski definition) is 1. The van der Waals surface area contributed by atoms with Crippen LogP contribution in [0.5, 0.6) is 11.5 Å². The molecule has 0 aliphatic carbocycles. The highest BCUT2D eigenvalue weighted by Gasteiger charge is 2.25. The van der Waals surface area contributed by atoms with Gasteiger partial charge in [-0.2, -0.15) is 0 Å². The molecule has 0 bridgehead atoms. The Balaban J connectivity index is 3.03. The largest absolute Gasteiger partial charge is 0.513 e. The van der Waals surface area contributed by atoms with Crippen molar-refractivity contribution in [2.24, 2.45) is 17.3 Å². The number of esters is 2. The van der Waals surface area contributed by atoms with Gasteiger partial charge in [-0.25, -0.2) is 9.59 Å². The number of methoxy groups -OCH3 is 1. The summed E-state index contributed by atoms with van der Waals surface area (Å²) in [5, 5.41) is 3.02. The summed E-state index contributed by atoms with van der Waals surface area (Å²) in [5.74, 6) is -0.721. The molecule has 0 aromatic heterocycles. The fourth-order valence-electron chi connectivity index (χ4n) is 2.95. The van der Waals surface area contributed by atoms with Crippen LogP contribution in [0.2, 0.25) is 0 Å². The average Bonchev–Trinajstić information content (AvgIpc) is 2.91. The number of benzene rings is 1. The van der Waals surface area contributed by atoms with E-state index in [1.54, 1.807) is 26.8 Å². The van der Waals surface area contributed by atoms with E-state index in [2.05, 4.69) is 5.32 Å². The molecule has 0 radical (unpaired) electrons. The Kier molecular flexibility index (Phi) is 15.1. The quantitative estimate of drug-likeness (QED) is 0.132. The fourth-order valence-corrected chi connectivity index (χ4v) is 2.95. The topological polar surface area (TPSA) is 136 Å². The van der Waals surface area contributed by atoms with E-state index < -0.39 is 29.7 Å². The lowest BCUT2D eigenvalue weighted by Gasteiger charge is -2.19. The van der Waals surface area contributed by atoms with Gasteiger partial charge in [0, 0.05) is 6.54 Å². The first-order chi connectivity index (χ1) is 18.8. The molecular weight excluding hydrogens is 522 g/mol. The average molecular weight is 568 g/mol. The van der Waals surface area contributed by atoms with Crippen molar-refractivity contribution >= 4 is 24.2 Å². The Morgan fingerprint density at radius 3 is 1.90 bits per heavy atom. The van der Waals surface area contributed by atoms with Crippen LogP contribution in [0.1, 0.15) is 66.9 Å².